The normalized spacial score (nSPS) is 35.0. The van der Waals surface area contributed by atoms with E-state index in [0.29, 0.717) is 13.0 Å². The van der Waals surface area contributed by atoms with Crippen LogP contribution in [-0.2, 0) is 14.3 Å². The second-order valence-electron chi connectivity index (χ2n) is 2.96. The van der Waals surface area contributed by atoms with Crippen LogP contribution in [0.25, 0.3) is 0 Å². The van der Waals surface area contributed by atoms with E-state index in [2.05, 4.69) is 10.6 Å². The Morgan fingerprint density at radius 3 is 2.92 bits per heavy atom. The number of amides is 2. The van der Waals surface area contributed by atoms with Gasteiger partial charge in [0.05, 0.1) is 0 Å². The van der Waals surface area contributed by atoms with E-state index >= 15 is 0 Å². The minimum absolute atomic E-state index is 0.140. The average molecular weight is 170 g/mol. The molecule has 5 nitrogen and oxygen atoms in total. The molecule has 0 aromatic carbocycles. The summed E-state index contributed by atoms with van der Waals surface area (Å²) in [5.74, 6) is -0.376. The SMILES string of the molecule is O=C1N[C@H]2CCCOC1NC2=O. The summed E-state index contributed by atoms with van der Waals surface area (Å²) in [6.45, 7) is 0.537. The Kier molecular flexibility index (Phi) is 1.73. The maximum atomic E-state index is 11.2. The first kappa shape index (κ1) is 7.54. The fourth-order valence-corrected chi connectivity index (χ4v) is 1.42. The minimum atomic E-state index is -0.769. The Bertz CT molecular complexity index is 205. The summed E-state index contributed by atoms with van der Waals surface area (Å²) in [7, 11) is 0. The molecular weight excluding hydrogens is 160 g/mol. The molecule has 3 saturated heterocycles. The van der Waals surface area contributed by atoms with E-state index in [-0.39, 0.29) is 17.9 Å². The number of hydrogen-bond donors (Lipinski definition) is 2. The zero-order valence-corrected chi connectivity index (χ0v) is 6.50. The first-order valence-corrected chi connectivity index (χ1v) is 4.00. The van der Waals surface area contributed by atoms with Crippen LogP contribution in [0.4, 0.5) is 0 Å². The molecule has 0 aliphatic carbocycles. The minimum Gasteiger partial charge on any atom is -0.350 e. The Morgan fingerprint density at radius 1 is 1.25 bits per heavy atom. The van der Waals surface area contributed by atoms with Gasteiger partial charge in [0.1, 0.15) is 6.04 Å². The van der Waals surface area contributed by atoms with Gasteiger partial charge in [-0.3, -0.25) is 9.59 Å². The quantitative estimate of drug-likeness (QED) is 0.476. The Morgan fingerprint density at radius 2 is 2.08 bits per heavy atom. The van der Waals surface area contributed by atoms with Crippen molar-refractivity contribution in [3.8, 4) is 0 Å². The Balaban J connectivity index is 2.17. The van der Waals surface area contributed by atoms with E-state index in [0.717, 1.165) is 6.42 Å². The smallest absolute Gasteiger partial charge is 0.270 e. The third-order valence-electron chi connectivity index (χ3n) is 2.07. The van der Waals surface area contributed by atoms with Crippen LogP contribution in [-0.4, -0.2) is 30.7 Å². The average Bonchev–Trinajstić information content (AvgIpc) is 2.00. The first-order valence-electron chi connectivity index (χ1n) is 4.00. The monoisotopic (exact) mass is 170 g/mol. The van der Waals surface area contributed by atoms with Crippen molar-refractivity contribution in [1.82, 2.24) is 10.6 Å². The van der Waals surface area contributed by atoms with E-state index in [1.165, 1.54) is 0 Å². The van der Waals surface area contributed by atoms with Crippen molar-refractivity contribution in [2.45, 2.75) is 25.1 Å². The van der Waals surface area contributed by atoms with Crippen LogP contribution < -0.4 is 10.6 Å². The van der Waals surface area contributed by atoms with Crippen LogP contribution in [0.3, 0.4) is 0 Å². The van der Waals surface area contributed by atoms with Crippen LogP contribution in [0.5, 0.6) is 0 Å². The van der Waals surface area contributed by atoms with Crippen molar-refractivity contribution in [2.24, 2.45) is 0 Å². The largest absolute Gasteiger partial charge is 0.350 e. The van der Waals surface area contributed by atoms with Gasteiger partial charge in [0.15, 0.2) is 0 Å². The predicted octanol–water partition coefficient (Wildman–Crippen LogP) is -1.26. The van der Waals surface area contributed by atoms with Crippen molar-refractivity contribution in [3.63, 3.8) is 0 Å². The molecule has 3 fully saturated rings. The first-order chi connectivity index (χ1) is 5.77. The molecule has 2 N–H and O–H groups in total. The number of carbonyl (C=O) groups excluding carboxylic acids is 2. The summed E-state index contributed by atoms with van der Waals surface area (Å²) in [5.41, 5.74) is 0. The van der Waals surface area contributed by atoms with Gasteiger partial charge in [0.2, 0.25) is 12.1 Å². The lowest BCUT2D eigenvalue weighted by Gasteiger charge is -2.31. The molecule has 3 aliphatic rings. The summed E-state index contributed by atoms with van der Waals surface area (Å²) in [6.07, 6.45) is 0.702. The maximum Gasteiger partial charge on any atom is 0.270 e. The molecule has 0 radical (unpaired) electrons. The zero-order valence-electron chi connectivity index (χ0n) is 6.50. The third-order valence-corrected chi connectivity index (χ3v) is 2.07. The van der Waals surface area contributed by atoms with Gasteiger partial charge < -0.3 is 15.4 Å². The highest BCUT2D eigenvalue weighted by molar-refractivity contribution is 5.96. The second-order valence-corrected chi connectivity index (χ2v) is 2.96. The molecule has 0 aromatic heterocycles. The zero-order chi connectivity index (χ0) is 8.55. The maximum absolute atomic E-state index is 11.2. The van der Waals surface area contributed by atoms with E-state index in [9.17, 15) is 9.59 Å². The fraction of sp³-hybridized carbons (Fsp3) is 0.714. The van der Waals surface area contributed by atoms with Crippen LogP contribution in [0.15, 0.2) is 0 Å². The Hall–Kier alpha value is -1.10. The van der Waals surface area contributed by atoms with E-state index < -0.39 is 6.23 Å². The molecule has 0 aromatic rings. The van der Waals surface area contributed by atoms with Gasteiger partial charge in [-0.1, -0.05) is 0 Å². The molecule has 12 heavy (non-hydrogen) atoms. The molecule has 0 spiro atoms. The van der Waals surface area contributed by atoms with Crippen LogP contribution in [0, 0.1) is 0 Å². The molecule has 2 amide bonds. The van der Waals surface area contributed by atoms with Gasteiger partial charge in [0, 0.05) is 6.61 Å². The van der Waals surface area contributed by atoms with Gasteiger partial charge in [0.25, 0.3) is 5.91 Å². The number of piperazine rings is 1. The van der Waals surface area contributed by atoms with Gasteiger partial charge in [-0.15, -0.1) is 0 Å². The number of ether oxygens (including phenoxy) is 1. The summed E-state index contributed by atoms with van der Waals surface area (Å²) in [6, 6.07) is -0.349. The summed E-state index contributed by atoms with van der Waals surface area (Å²) >= 11 is 0. The molecular formula is C7H10N2O3. The summed E-state index contributed by atoms with van der Waals surface area (Å²) < 4.78 is 5.11. The second kappa shape index (κ2) is 2.75. The number of hydrogen-bond acceptors (Lipinski definition) is 3. The molecule has 1 unspecified atom stereocenters. The number of nitrogens with one attached hydrogen (secondary N) is 2. The lowest BCUT2D eigenvalue weighted by molar-refractivity contribution is -0.151. The molecule has 66 valence electrons. The van der Waals surface area contributed by atoms with Crippen molar-refractivity contribution in [2.75, 3.05) is 6.61 Å². The fourth-order valence-electron chi connectivity index (χ4n) is 1.42. The van der Waals surface area contributed by atoms with Crippen LogP contribution >= 0.6 is 0 Å². The molecule has 3 aliphatic heterocycles. The van der Waals surface area contributed by atoms with Gasteiger partial charge >= 0.3 is 0 Å². The van der Waals surface area contributed by atoms with Crippen molar-refractivity contribution in [3.05, 3.63) is 0 Å². The van der Waals surface area contributed by atoms with Crippen molar-refractivity contribution >= 4 is 11.8 Å². The topological polar surface area (TPSA) is 67.4 Å². The van der Waals surface area contributed by atoms with Crippen LogP contribution in [0.1, 0.15) is 12.8 Å². The third kappa shape index (κ3) is 1.16. The molecule has 0 saturated carbocycles. The number of carbonyl (C=O) groups is 2. The highest BCUT2D eigenvalue weighted by atomic mass is 16.5. The summed E-state index contributed by atoms with van der Waals surface area (Å²) in [5, 5.41) is 5.09. The Labute approximate surface area is 69.5 Å². The van der Waals surface area contributed by atoms with Gasteiger partial charge in [-0.2, -0.15) is 0 Å². The molecule has 2 bridgehead atoms. The lowest BCUT2D eigenvalue weighted by Crippen LogP contribution is -2.63. The highest BCUT2D eigenvalue weighted by Crippen LogP contribution is 2.09. The van der Waals surface area contributed by atoms with E-state index in [1.807, 2.05) is 0 Å². The van der Waals surface area contributed by atoms with E-state index in [4.69, 9.17) is 4.74 Å². The summed E-state index contributed by atoms with van der Waals surface area (Å²) in [4.78, 5) is 22.3. The van der Waals surface area contributed by atoms with Crippen molar-refractivity contribution in [1.29, 1.82) is 0 Å². The number of rotatable bonds is 0. The van der Waals surface area contributed by atoms with Crippen LogP contribution in [0.2, 0.25) is 0 Å². The molecule has 5 heteroatoms. The lowest BCUT2D eigenvalue weighted by atomic mass is 10.1. The number of fused-ring (bicyclic) bond motifs is 5. The highest BCUT2D eigenvalue weighted by Gasteiger charge is 2.35. The molecule has 3 heterocycles. The van der Waals surface area contributed by atoms with Crippen molar-refractivity contribution < 1.29 is 14.3 Å². The molecule has 3 rings (SSSR count). The standard InChI is InChI=1S/C7H10N2O3/c10-5-4-2-1-3-12-7(9-5)6(11)8-4/h4,7H,1-3H2,(H,8,11)(H,9,10)/t4-,7?/m0/s1. The molecule has 2 atom stereocenters. The van der Waals surface area contributed by atoms with E-state index in [1.54, 1.807) is 0 Å². The van der Waals surface area contributed by atoms with Gasteiger partial charge in [-0.05, 0) is 12.8 Å². The predicted molar refractivity (Wildman–Crippen MR) is 39.0 cm³/mol. The van der Waals surface area contributed by atoms with Gasteiger partial charge in [-0.25, -0.2) is 0 Å².